The summed E-state index contributed by atoms with van der Waals surface area (Å²) < 4.78 is 0. The van der Waals surface area contributed by atoms with Gasteiger partial charge in [0.1, 0.15) is 5.78 Å². The van der Waals surface area contributed by atoms with E-state index in [1.165, 1.54) is 0 Å². The Morgan fingerprint density at radius 1 is 0.833 bits per heavy atom. The van der Waals surface area contributed by atoms with E-state index in [0.29, 0.717) is 6.42 Å². The lowest BCUT2D eigenvalue weighted by Gasteiger charge is -2.38. The molecule has 0 unspecified atom stereocenters. The average Bonchev–Trinajstić information content (AvgIpc) is 2.62. The Hall–Kier alpha value is -2.88. The van der Waals surface area contributed by atoms with Gasteiger partial charge < -0.3 is 10.6 Å². The minimum Gasteiger partial charge on any atom is -0.330 e. The van der Waals surface area contributed by atoms with E-state index in [9.17, 15) is 9.59 Å². The number of nitrogens with one attached hydrogen (secondary N) is 2. The van der Waals surface area contributed by atoms with E-state index < -0.39 is 0 Å². The van der Waals surface area contributed by atoms with Gasteiger partial charge in [0.25, 0.3) is 0 Å². The molecule has 0 aromatic heterocycles. The second-order valence-electron chi connectivity index (χ2n) is 6.27. The molecule has 120 valence electrons. The molecule has 2 aromatic rings. The fourth-order valence-electron chi connectivity index (χ4n) is 3.62. The van der Waals surface area contributed by atoms with E-state index in [2.05, 4.69) is 10.6 Å². The highest BCUT2D eigenvalue weighted by molar-refractivity contribution is 5.91. The van der Waals surface area contributed by atoms with Crippen LogP contribution in [0.15, 0.2) is 72.4 Å². The molecule has 1 heterocycles. The summed E-state index contributed by atoms with van der Waals surface area (Å²) in [5.41, 5.74) is 2.77. The van der Waals surface area contributed by atoms with Crippen molar-refractivity contribution in [3.8, 4) is 0 Å². The lowest BCUT2D eigenvalue weighted by Crippen LogP contribution is -2.52. The number of hydrogen-bond acceptors (Lipinski definition) is 2. The van der Waals surface area contributed by atoms with E-state index in [-0.39, 0.29) is 29.7 Å². The Morgan fingerprint density at radius 2 is 1.46 bits per heavy atom. The summed E-state index contributed by atoms with van der Waals surface area (Å²) in [6.45, 7) is 0. The van der Waals surface area contributed by atoms with Crippen molar-refractivity contribution in [2.45, 2.75) is 18.4 Å². The Bertz CT molecular complexity index is 799. The SMILES string of the molecule is O=C1NC2=C[C@@H](c3ccccc3)CC(=O)[C@@H]2[C@@H](c2ccccc2)N1. The number of rotatable bonds is 2. The number of benzene rings is 2. The van der Waals surface area contributed by atoms with E-state index in [4.69, 9.17) is 0 Å². The lowest BCUT2D eigenvalue weighted by molar-refractivity contribution is -0.123. The van der Waals surface area contributed by atoms with Crippen molar-refractivity contribution in [3.05, 3.63) is 83.6 Å². The minimum absolute atomic E-state index is 0.0137. The maximum absolute atomic E-state index is 12.9. The number of urea groups is 1. The largest absolute Gasteiger partial charge is 0.330 e. The summed E-state index contributed by atoms with van der Waals surface area (Å²) in [5, 5.41) is 5.74. The first-order valence-electron chi connectivity index (χ1n) is 8.14. The predicted octanol–water partition coefficient (Wildman–Crippen LogP) is 3.30. The highest BCUT2D eigenvalue weighted by atomic mass is 16.2. The fourth-order valence-corrected chi connectivity index (χ4v) is 3.62. The molecule has 4 nitrogen and oxygen atoms in total. The Morgan fingerprint density at radius 3 is 2.12 bits per heavy atom. The van der Waals surface area contributed by atoms with Gasteiger partial charge in [-0.2, -0.15) is 0 Å². The summed E-state index contributed by atoms with van der Waals surface area (Å²) >= 11 is 0. The molecule has 2 aliphatic rings. The van der Waals surface area contributed by atoms with E-state index in [1.54, 1.807) is 0 Å². The molecule has 0 spiro atoms. The van der Waals surface area contributed by atoms with Crippen molar-refractivity contribution in [2.24, 2.45) is 5.92 Å². The van der Waals surface area contributed by atoms with Crippen molar-refractivity contribution >= 4 is 11.8 Å². The van der Waals surface area contributed by atoms with Crippen molar-refractivity contribution in [2.75, 3.05) is 0 Å². The topological polar surface area (TPSA) is 58.2 Å². The third kappa shape index (κ3) is 2.60. The molecular formula is C20H18N2O2. The molecule has 1 saturated heterocycles. The Labute approximate surface area is 140 Å². The molecule has 1 aliphatic carbocycles. The number of Topliss-reactive ketones (excluding diaryl/α,β-unsaturated/α-hetero) is 1. The molecule has 3 atom stereocenters. The number of fused-ring (bicyclic) bond motifs is 1. The lowest BCUT2D eigenvalue weighted by atomic mass is 9.75. The number of amides is 2. The Kier molecular flexibility index (Phi) is 3.65. The van der Waals surface area contributed by atoms with Crippen LogP contribution in [-0.2, 0) is 4.79 Å². The van der Waals surface area contributed by atoms with Crippen LogP contribution >= 0.6 is 0 Å². The van der Waals surface area contributed by atoms with Crippen LogP contribution < -0.4 is 10.6 Å². The molecule has 4 heteroatoms. The molecule has 1 fully saturated rings. The van der Waals surface area contributed by atoms with Gasteiger partial charge in [0, 0.05) is 18.0 Å². The van der Waals surface area contributed by atoms with Crippen LogP contribution in [0.25, 0.3) is 0 Å². The van der Waals surface area contributed by atoms with E-state index in [1.807, 2.05) is 66.7 Å². The first kappa shape index (κ1) is 14.7. The Balaban J connectivity index is 1.72. The molecular weight excluding hydrogens is 300 g/mol. The number of hydrogen-bond donors (Lipinski definition) is 2. The minimum atomic E-state index is -0.343. The molecule has 24 heavy (non-hydrogen) atoms. The summed E-state index contributed by atoms with van der Waals surface area (Å²) in [6.07, 6.45) is 2.50. The molecule has 1 aliphatic heterocycles. The van der Waals surface area contributed by atoms with Crippen molar-refractivity contribution in [1.82, 2.24) is 10.6 Å². The highest BCUT2D eigenvalue weighted by Gasteiger charge is 2.41. The monoisotopic (exact) mass is 318 g/mol. The smallest absolute Gasteiger partial charge is 0.319 e. The molecule has 2 amide bonds. The van der Waals surface area contributed by atoms with Crippen molar-refractivity contribution < 1.29 is 9.59 Å². The zero-order valence-corrected chi connectivity index (χ0v) is 13.1. The first-order chi connectivity index (χ1) is 11.7. The first-order valence-corrected chi connectivity index (χ1v) is 8.14. The normalized spacial score (nSPS) is 26.0. The van der Waals surface area contributed by atoms with Crippen LogP contribution in [0.5, 0.6) is 0 Å². The summed E-state index contributed by atoms with van der Waals surface area (Å²) in [7, 11) is 0. The summed E-state index contributed by atoms with van der Waals surface area (Å²) in [4.78, 5) is 24.9. The average molecular weight is 318 g/mol. The third-order valence-corrected chi connectivity index (χ3v) is 4.75. The van der Waals surface area contributed by atoms with Gasteiger partial charge in [0.2, 0.25) is 0 Å². The second-order valence-corrected chi connectivity index (χ2v) is 6.27. The van der Waals surface area contributed by atoms with Crippen LogP contribution in [0.3, 0.4) is 0 Å². The third-order valence-electron chi connectivity index (χ3n) is 4.75. The molecule has 0 bridgehead atoms. The van der Waals surface area contributed by atoms with E-state index in [0.717, 1.165) is 16.8 Å². The van der Waals surface area contributed by atoms with Crippen molar-refractivity contribution in [1.29, 1.82) is 0 Å². The van der Waals surface area contributed by atoms with Gasteiger partial charge in [-0.3, -0.25) is 4.79 Å². The van der Waals surface area contributed by atoms with E-state index >= 15 is 0 Å². The van der Waals surface area contributed by atoms with Crippen LogP contribution in [0, 0.1) is 5.92 Å². The summed E-state index contributed by atoms with van der Waals surface area (Å²) in [5.74, 6) is -0.174. The quantitative estimate of drug-likeness (QED) is 0.892. The number of ketones is 1. The van der Waals surface area contributed by atoms with Gasteiger partial charge in [-0.15, -0.1) is 0 Å². The zero-order chi connectivity index (χ0) is 16.5. The molecule has 0 saturated carbocycles. The fraction of sp³-hybridized carbons (Fsp3) is 0.200. The number of carbonyl (C=O) groups is 2. The van der Waals surface area contributed by atoms with Gasteiger partial charge in [0.15, 0.2) is 0 Å². The van der Waals surface area contributed by atoms with Gasteiger partial charge in [0.05, 0.1) is 12.0 Å². The standard InChI is InChI=1S/C20H18N2O2/c23-17-12-15(13-7-3-1-4-8-13)11-16-18(17)19(22-20(24)21-16)14-9-5-2-6-10-14/h1-11,15,18-19H,12H2,(H2,21,22,24)/t15-,18-,19-/m1/s1. The maximum Gasteiger partial charge on any atom is 0.319 e. The maximum atomic E-state index is 12.9. The van der Waals surface area contributed by atoms with Gasteiger partial charge in [-0.05, 0) is 11.1 Å². The molecule has 4 rings (SSSR count). The summed E-state index contributed by atoms with van der Waals surface area (Å²) in [6, 6.07) is 19.0. The van der Waals surface area contributed by atoms with Crippen LogP contribution in [0.1, 0.15) is 29.5 Å². The molecule has 0 radical (unpaired) electrons. The van der Waals surface area contributed by atoms with Gasteiger partial charge >= 0.3 is 6.03 Å². The zero-order valence-electron chi connectivity index (χ0n) is 13.1. The van der Waals surface area contributed by atoms with Gasteiger partial charge in [-0.1, -0.05) is 66.7 Å². The highest BCUT2D eigenvalue weighted by Crippen LogP contribution is 2.39. The molecule has 2 aromatic carbocycles. The van der Waals surface area contributed by atoms with Gasteiger partial charge in [-0.25, -0.2) is 4.79 Å². The molecule has 2 N–H and O–H groups in total. The number of carbonyl (C=O) groups excluding carboxylic acids is 2. The number of allylic oxidation sites excluding steroid dienone is 1. The van der Waals surface area contributed by atoms with Crippen LogP contribution in [0.2, 0.25) is 0 Å². The van der Waals surface area contributed by atoms with Crippen LogP contribution in [0.4, 0.5) is 4.79 Å². The van der Waals surface area contributed by atoms with Crippen LogP contribution in [-0.4, -0.2) is 11.8 Å². The predicted molar refractivity (Wildman–Crippen MR) is 91.2 cm³/mol. The second kappa shape index (κ2) is 5.96. The van der Waals surface area contributed by atoms with Crippen molar-refractivity contribution in [3.63, 3.8) is 0 Å².